The van der Waals surface area contributed by atoms with Crippen molar-refractivity contribution in [3.8, 4) is 0 Å². The number of aromatic nitrogens is 1. The molecule has 2 nitrogen and oxygen atoms in total. The molecule has 2 aliphatic rings. The van der Waals surface area contributed by atoms with E-state index in [0.717, 1.165) is 23.3 Å². The van der Waals surface area contributed by atoms with Crippen molar-refractivity contribution in [3.63, 3.8) is 0 Å². The molecular weight excluding hydrogens is 114 g/mol. The Labute approximate surface area is 51.5 Å². The first-order valence-electron chi connectivity index (χ1n) is 3.02. The number of furan rings is 1. The predicted octanol–water partition coefficient (Wildman–Crippen LogP) is 1.67. The van der Waals surface area contributed by atoms with Gasteiger partial charge in [0.15, 0.2) is 5.58 Å². The van der Waals surface area contributed by atoms with Crippen LogP contribution in [0.15, 0.2) is 16.5 Å². The van der Waals surface area contributed by atoms with Crippen LogP contribution in [0.1, 0.15) is 11.5 Å². The van der Waals surface area contributed by atoms with Gasteiger partial charge in [0.2, 0.25) is 0 Å². The van der Waals surface area contributed by atoms with Gasteiger partial charge >= 0.3 is 0 Å². The van der Waals surface area contributed by atoms with Gasteiger partial charge in [-0.25, -0.2) is 0 Å². The molecule has 2 aromatic heterocycles. The van der Waals surface area contributed by atoms with E-state index in [1.807, 2.05) is 0 Å². The summed E-state index contributed by atoms with van der Waals surface area (Å²) in [4.78, 5) is 3.22. The lowest BCUT2D eigenvalue weighted by Crippen LogP contribution is -1.88. The normalized spacial score (nSPS) is 14.2. The first-order chi connectivity index (χ1) is 4.42. The third-order valence-corrected chi connectivity index (χ3v) is 1.78. The molecule has 0 saturated carbocycles. The number of H-pyrrole nitrogens is 1. The number of aromatic amines is 1. The van der Waals surface area contributed by atoms with E-state index in [0.29, 0.717) is 0 Å². The predicted molar refractivity (Wildman–Crippen MR) is 33.4 cm³/mol. The highest BCUT2D eigenvalue weighted by molar-refractivity contribution is 5.77. The van der Waals surface area contributed by atoms with Crippen LogP contribution in [0.2, 0.25) is 0 Å². The quantitative estimate of drug-likeness (QED) is 0.479. The standard InChI is InChI=1S/C7H5NO/c1-4-2-7-6(8-4)3-5(1)9-7/h2-3,8H,1H2. The zero-order chi connectivity index (χ0) is 5.84. The van der Waals surface area contributed by atoms with Crippen molar-refractivity contribution >= 4 is 11.1 Å². The fraction of sp³-hybridized carbons (Fsp3) is 0.143. The van der Waals surface area contributed by atoms with Crippen molar-refractivity contribution in [2.24, 2.45) is 0 Å². The lowest BCUT2D eigenvalue weighted by atomic mass is 10.2. The summed E-state index contributed by atoms with van der Waals surface area (Å²) in [5, 5.41) is 0. The van der Waals surface area contributed by atoms with E-state index in [4.69, 9.17) is 4.42 Å². The Morgan fingerprint density at radius 1 is 1.44 bits per heavy atom. The summed E-state index contributed by atoms with van der Waals surface area (Å²) < 4.78 is 5.35. The van der Waals surface area contributed by atoms with Crippen LogP contribution in [0, 0.1) is 0 Å². The molecule has 0 fully saturated rings. The van der Waals surface area contributed by atoms with Gasteiger partial charge in [-0.3, -0.25) is 0 Å². The van der Waals surface area contributed by atoms with Gasteiger partial charge in [-0.05, 0) is 0 Å². The minimum atomic E-state index is 0.951. The second-order valence-corrected chi connectivity index (χ2v) is 2.46. The maximum Gasteiger partial charge on any atom is 0.152 e. The van der Waals surface area contributed by atoms with Gasteiger partial charge < -0.3 is 9.40 Å². The van der Waals surface area contributed by atoms with Gasteiger partial charge in [-0.15, -0.1) is 0 Å². The Balaban J connectivity index is 2.81. The first-order valence-corrected chi connectivity index (χ1v) is 3.02. The zero-order valence-corrected chi connectivity index (χ0v) is 4.77. The van der Waals surface area contributed by atoms with Gasteiger partial charge in [0, 0.05) is 24.2 Å². The summed E-state index contributed by atoms with van der Waals surface area (Å²) in [6.07, 6.45) is 0.951. The van der Waals surface area contributed by atoms with Crippen LogP contribution in [-0.4, -0.2) is 4.98 Å². The molecule has 1 N–H and O–H groups in total. The van der Waals surface area contributed by atoms with Gasteiger partial charge in [0.25, 0.3) is 0 Å². The minimum Gasteiger partial charge on any atom is -0.459 e. The Bertz CT molecular complexity index is 306. The zero-order valence-electron chi connectivity index (χ0n) is 4.77. The minimum absolute atomic E-state index is 0.951. The summed E-state index contributed by atoms with van der Waals surface area (Å²) in [6, 6.07) is 4.12. The van der Waals surface area contributed by atoms with Crippen molar-refractivity contribution in [3.05, 3.63) is 23.6 Å². The van der Waals surface area contributed by atoms with Crippen molar-refractivity contribution in [1.82, 2.24) is 4.98 Å². The molecular formula is C7H5NO. The molecule has 4 rings (SSSR count). The van der Waals surface area contributed by atoms with Crippen LogP contribution >= 0.6 is 0 Å². The summed E-state index contributed by atoms with van der Waals surface area (Å²) in [7, 11) is 0. The molecule has 0 amide bonds. The van der Waals surface area contributed by atoms with Crippen molar-refractivity contribution < 1.29 is 4.42 Å². The second kappa shape index (κ2) is 0.923. The highest BCUT2D eigenvalue weighted by Crippen LogP contribution is 2.27. The van der Waals surface area contributed by atoms with Crippen LogP contribution in [0.5, 0.6) is 0 Å². The van der Waals surface area contributed by atoms with Crippen LogP contribution in [0.4, 0.5) is 0 Å². The molecule has 4 heterocycles. The van der Waals surface area contributed by atoms with Crippen molar-refractivity contribution in [2.75, 3.05) is 0 Å². The summed E-state index contributed by atoms with van der Waals surface area (Å²) in [6.45, 7) is 0. The average molecular weight is 119 g/mol. The molecule has 0 radical (unpaired) electrons. The van der Waals surface area contributed by atoms with E-state index in [9.17, 15) is 0 Å². The van der Waals surface area contributed by atoms with E-state index in [-0.39, 0.29) is 0 Å². The fourth-order valence-electron chi connectivity index (χ4n) is 1.40. The Kier molecular flexibility index (Phi) is 0.387. The molecule has 0 unspecified atom stereocenters. The van der Waals surface area contributed by atoms with Gasteiger partial charge in [0.1, 0.15) is 5.76 Å². The first kappa shape index (κ1) is 3.77. The van der Waals surface area contributed by atoms with E-state index >= 15 is 0 Å². The Morgan fingerprint density at radius 2 is 2.44 bits per heavy atom. The Hall–Kier alpha value is -1.18. The molecule has 0 spiro atoms. The lowest BCUT2D eigenvalue weighted by molar-refractivity contribution is 0.553. The van der Waals surface area contributed by atoms with E-state index in [1.54, 1.807) is 0 Å². The molecule has 2 heteroatoms. The molecule has 2 aromatic rings. The van der Waals surface area contributed by atoms with Crippen molar-refractivity contribution in [1.29, 1.82) is 0 Å². The SMILES string of the molecule is c1c2oc3cc([nH]c13)C2. The molecule has 0 atom stereocenters. The van der Waals surface area contributed by atoms with Crippen LogP contribution in [-0.2, 0) is 6.42 Å². The van der Waals surface area contributed by atoms with E-state index in [1.165, 1.54) is 5.69 Å². The number of rotatable bonds is 0. The van der Waals surface area contributed by atoms with Crippen LogP contribution in [0.3, 0.4) is 0 Å². The number of hydrogen-bond donors (Lipinski definition) is 1. The van der Waals surface area contributed by atoms with E-state index in [2.05, 4.69) is 17.1 Å². The number of hydrogen-bond acceptors (Lipinski definition) is 1. The topological polar surface area (TPSA) is 28.9 Å². The maximum atomic E-state index is 5.35. The van der Waals surface area contributed by atoms with Crippen molar-refractivity contribution in [2.45, 2.75) is 6.42 Å². The third kappa shape index (κ3) is 0.304. The molecule has 0 aromatic carbocycles. The summed E-state index contributed by atoms with van der Waals surface area (Å²) >= 11 is 0. The summed E-state index contributed by atoms with van der Waals surface area (Å²) in [5.74, 6) is 1.09. The molecule has 0 saturated heterocycles. The summed E-state index contributed by atoms with van der Waals surface area (Å²) in [5.41, 5.74) is 3.43. The fourth-order valence-corrected chi connectivity index (χ4v) is 1.40. The molecule has 9 heavy (non-hydrogen) atoms. The molecule has 44 valence electrons. The van der Waals surface area contributed by atoms with Crippen LogP contribution in [0.25, 0.3) is 11.1 Å². The van der Waals surface area contributed by atoms with Gasteiger partial charge in [0.05, 0.1) is 5.52 Å². The van der Waals surface area contributed by atoms with Gasteiger partial charge in [-0.1, -0.05) is 0 Å². The highest BCUT2D eigenvalue weighted by atomic mass is 16.3. The largest absolute Gasteiger partial charge is 0.459 e. The average Bonchev–Trinajstić information content (AvgIpc) is 2.20. The third-order valence-electron chi connectivity index (χ3n) is 1.78. The monoisotopic (exact) mass is 119 g/mol. The highest BCUT2D eigenvalue weighted by Gasteiger charge is 2.14. The smallest absolute Gasteiger partial charge is 0.152 e. The molecule has 2 aliphatic heterocycles. The van der Waals surface area contributed by atoms with Crippen LogP contribution < -0.4 is 0 Å². The molecule has 0 aliphatic carbocycles. The van der Waals surface area contributed by atoms with E-state index < -0.39 is 0 Å². The molecule has 4 bridgehead atoms. The maximum absolute atomic E-state index is 5.35. The second-order valence-electron chi connectivity index (χ2n) is 2.46. The lowest BCUT2D eigenvalue weighted by Gasteiger charge is -1.97. The van der Waals surface area contributed by atoms with Gasteiger partial charge in [-0.2, -0.15) is 0 Å². The Morgan fingerprint density at radius 3 is 3.11 bits per heavy atom. The number of nitrogens with one attached hydrogen (secondary N) is 1.